The van der Waals surface area contributed by atoms with Gasteiger partial charge in [0.2, 0.25) is 5.91 Å². The van der Waals surface area contributed by atoms with Gasteiger partial charge in [-0.3, -0.25) is 9.63 Å². The van der Waals surface area contributed by atoms with Gasteiger partial charge in [-0.1, -0.05) is 12.1 Å². The normalized spacial score (nSPS) is 16.6. The Morgan fingerprint density at radius 3 is 2.74 bits per heavy atom. The Hall–Kier alpha value is -2.11. The third-order valence-corrected chi connectivity index (χ3v) is 4.43. The molecule has 3 N–H and O–H groups in total. The van der Waals surface area contributed by atoms with Crippen LogP contribution in [-0.4, -0.2) is 35.7 Å². The molecule has 0 atom stereocenters. The molecule has 0 aliphatic carbocycles. The number of hydrogen-bond acceptors (Lipinski definition) is 3. The number of primary amides is 1. The molecule has 0 unspecified atom stereocenters. The summed E-state index contributed by atoms with van der Waals surface area (Å²) in [5.41, 5.74) is 9.30. The third-order valence-electron chi connectivity index (χ3n) is 4.43. The van der Waals surface area contributed by atoms with Crippen molar-refractivity contribution in [2.45, 2.75) is 25.7 Å². The van der Waals surface area contributed by atoms with Gasteiger partial charge in [0.15, 0.2) is 0 Å². The van der Waals surface area contributed by atoms with Gasteiger partial charge in [-0.05, 0) is 55.0 Å². The first-order valence-corrected chi connectivity index (χ1v) is 8.14. The van der Waals surface area contributed by atoms with Crippen molar-refractivity contribution < 1.29 is 9.63 Å². The van der Waals surface area contributed by atoms with E-state index in [0.717, 1.165) is 42.8 Å². The third kappa shape index (κ3) is 3.46. The van der Waals surface area contributed by atoms with Crippen molar-refractivity contribution in [3.63, 3.8) is 0 Å². The predicted molar refractivity (Wildman–Crippen MR) is 89.9 cm³/mol. The molecule has 0 saturated carbocycles. The predicted octanol–water partition coefficient (Wildman–Crippen LogP) is 2.91. The Bertz CT molecular complexity index is 659. The first-order chi connectivity index (χ1) is 11.2. The van der Waals surface area contributed by atoms with Crippen molar-refractivity contribution >= 4 is 5.91 Å². The number of nitrogens with zero attached hydrogens (tertiary/aromatic N) is 1. The van der Waals surface area contributed by atoms with Gasteiger partial charge in [0, 0.05) is 30.5 Å². The highest BCUT2D eigenvalue weighted by atomic mass is 16.7. The van der Waals surface area contributed by atoms with Gasteiger partial charge in [-0.15, -0.1) is 0 Å². The first kappa shape index (κ1) is 15.8. The summed E-state index contributed by atoms with van der Waals surface area (Å²) in [6.07, 6.45) is 3.82. The largest absolute Gasteiger partial charge is 0.366 e. The van der Waals surface area contributed by atoms with E-state index in [2.05, 4.69) is 17.1 Å². The van der Waals surface area contributed by atoms with Crippen LogP contribution in [0.3, 0.4) is 0 Å². The van der Waals surface area contributed by atoms with Crippen molar-refractivity contribution in [1.29, 1.82) is 0 Å². The van der Waals surface area contributed by atoms with Gasteiger partial charge < -0.3 is 10.7 Å². The zero-order valence-corrected chi connectivity index (χ0v) is 13.4. The molecule has 23 heavy (non-hydrogen) atoms. The highest BCUT2D eigenvalue weighted by Gasteiger charge is 2.24. The molecule has 1 aromatic heterocycles. The molecule has 2 heterocycles. The van der Waals surface area contributed by atoms with Crippen LogP contribution in [0, 0.1) is 0 Å². The molecule has 3 rings (SSSR count). The van der Waals surface area contributed by atoms with E-state index in [-0.39, 0.29) is 5.91 Å². The number of hydrogen-bond donors (Lipinski definition) is 2. The average Bonchev–Trinajstić information content (AvgIpc) is 3.10. The number of nitrogens with one attached hydrogen (secondary N) is 1. The summed E-state index contributed by atoms with van der Waals surface area (Å²) in [4.78, 5) is 20.6. The van der Waals surface area contributed by atoms with Crippen molar-refractivity contribution in [2.75, 3.05) is 19.7 Å². The molecule has 1 aromatic carbocycles. The summed E-state index contributed by atoms with van der Waals surface area (Å²) >= 11 is 0. The van der Waals surface area contributed by atoms with Crippen LogP contribution in [0.4, 0.5) is 0 Å². The number of rotatable bonds is 5. The number of aromatic nitrogens is 1. The number of carbonyl (C=O) groups is 1. The van der Waals surface area contributed by atoms with Crippen LogP contribution in [0.1, 0.15) is 41.6 Å². The molecule has 1 fully saturated rings. The Balaban J connectivity index is 1.83. The van der Waals surface area contributed by atoms with Crippen LogP contribution in [0.5, 0.6) is 0 Å². The number of piperidine rings is 1. The van der Waals surface area contributed by atoms with Gasteiger partial charge >= 0.3 is 0 Å². The van der Waals surface area contributed by atoms with E-state index in [1.165, 1.54) is 0 Å². The minimum atomic E-state index is -0.361. The van der Waals surface area contributed by atoms with Crippen LogP contribution in [-0.2, 0) is 4.84 Å². The van der Waals surface area contributed by atoms with E-state index >= 15 is 0 Å². The molecule has 5 nitrogen and oxygen atoms in total. The van der Waals surface area contributed by atoms with Crippen LogP contribution < -0.4 is 5.73 Å². The van der Waals surface area contributed by atoms with Crippen LogP contribution in [0.25, 0.3) is 11.3 Å². The highest BCUT2D eigenvalue weighted by molar-refractivity contribution is 5.95. The maximum Gasteiger partial charge on any atom is 0.249 e. The maximum atomic E-state index is 11.9. The molecule has 0 spiro atoms. The van der Waals surface area contributed by atoms with Gasteiger partial charge in [-0.2, -0.15) is 5.06 Å². The summed E-state index contributed by atoms with van der Waals surface area (Å²) in [7, 11) is 0. The molecule has 122 valence electrons. The monoisotopic (exact) mass is 313 g/mol. The lowest BCUT2D eigenvalue weighted by atomic mass is 9.85. The van der Waals surface area contributed by atoms with Crippen molar-refractivity contribution in [3.8, 4) is 11.3 Å². The summed E-state index contributed by atoms with van der Waals surface area (Å²) in [5.74, 6) is -0.00691. The lowest BCUT2D eigenvalue weighted by Crippen LogP contribution is -2.33. The van der Waals surface area contributed by atoms with Gasteiger partial charge in [0.25, 0.3) is 0 Å². The molecule has 1 saturated heterocycles. The van der Waals surface area contributed by atoms with E-state index in [9.17, 15) is 4.79 Å². The molecule has 1 amide bonds. The minimum absolute atomic E-state index is 0.354. The van der Waals surface area contributed by atoms with E-state index < -0.39 is 0 Å². The summed E-state index contributed by atoms with van der Waals surface area (Å²) in [6.45, 7) is 4.46. The Kier molecular flexibility index (Phi) is 4.79. The average molecular weight is 313 g/mol. The van der Waals surface area contributed by atoms with Crippen LogP contribution in [0.15, 0.2) is 36.5 Å². The van der Waals surface area contributed by atoms with E-state index in [1.54, 1.807) is 0 Å². The molecule has 1 aliphatic rings. The molecular weight excluding hydrogens is 290 g/mol. The van der Waals surface area contributed by atoms with Crippen molar-refractivity contribution in [1.82, 2.24) is 10.0 Å². The zero-order valence-electron chi connectivity index (χ0n) is 13.4. The lowest BCUT2D eigenvalue weighted by molar-refractivity contribution is -0.166. The van der Waals surface area contributed by atoms with E-state index in [4.69, 9.17) is 10.6 Å². The van der Waals surface area contributed by atoms with Gasteiger partial charge in [0.05, 0.1) is 6.61 Å². The molecule has 5 heteroatoms. The number of amides is 1. The summed E-state index contributed by atoms with van der Waals surface area (Å²) in [6, 6.07) is 9.94. The number of carbonyl (C=O) groups excluding carboxylic acids is 1. The van der Waals surface area contributed by atoms with Crippen LogP contribution >= 0.6 is 0 Å². The molecule has 1 aliphatic heterocycles. The Morgan fingerprint density at radius 1 is 1.35 bits per heavy atom. The SMILES string of the molecule is CCON1CCC(c2ccc(-c3ccc[nH]3)cc2C(N)=O)CC1. The Morgan fingerprint density at radius 2 is 2.13 bits per heavy atom. The fourth-order valence-corrected chi connectivity index (χ4v) is 3.28. The smallest absolute Gasteiger partial charge is 0.249 e. The number of benzene rings is 1. The summed E-state index contributed by atoms with van der Waals surface area (Å²) in [5, 5.41) is 2.01. The fourth-order valence-electron chi connectivity index (χ4n) is 3.28. The molecule has 2 aromatic rings. The van der Waals surface area contributed by atoms with Crippen LogP contribution in [0.2, 0.25) is 0 Å². The number of hydroxylamine groups is 2. The second-order valence-corrected chi connectivity index (χ2v) is 5.87. The van der Waals surface area contributed by atoms with Gasteiger partial charge in [0.1, 0.15) is 0 Å². The number of H-pyrrole nitrogens is 1. The second kappa shape index (κ2) is 6.98. The standard InChI is InChI=1S/C18H23N3O2/c1-2-23-21-10-7-13(8-11-21)15-6-5-14(12-16(15)18(19)22)17-4-3-9-20-17/h3-6,9,12-13,20H,2,7-8,10-11H2,1H3,(H2,19,22). The Labute approximate surface area is 136 Å². The zero-order chi connectivity index (χ0) is 16.2. The molecule has 0 radical (unpaired) electrons. The first-order valence-electron chi connectivity index (χ1n) is 8.14. The summed E-state index contributed by atoms with van der Waals surface area (Å²) < 4.78 is 0. The highest BCUT2D eigenvalue weighted by Crippen LogP contribution is 2.32. The molecule has 0 bridgehead atoms. The topological polar surface area (TPSA) is 71.3 Å². The lowest BCUT2D eigenvalue weighted by Gasteiger charge is -2.31. The quantitative estimate of drug-likeness (QED) is 0.891. The van der Waals surface area contributed by atoms with Gasteiger partial charge in [-0.25, -0.2) is 0 Å². The maximum absolute atomic E-state index is 11.9. The van der Waals surface area contributed by atoms with Crippen molar-refractivity contribution in [2.24, 2.45) is 5.73 Å². The number of aromatic amines is 1. The van der Waals surface area contributed by atoms with Crippen molar-refractivity contribution in [3.05, 3.63) is 47.7 Å². The minimum Gasteiger partial charge on any atom is -0.366 e. The van der Waals surface area contributed by atoms with E-state index in [0.29, 0.717) is 18.1 Å². The second-order valence-electron chi connectivity index (χ2n) is 5.87. The number of nitrogens with two attached hydrogens (primary N) is 1. The fraction of sp³-hybridized carbons (Fsp3) is 0.389. The van der Waals surface area contributed by atoms with E-state index in [1.807, 2.05) is 36.4 Å². The molecular formula is C18H23N3O2.